The van der Waals surface area contributed by atoms with Gasteiger partial charge in [0.2, 0.25) is 0 Å². The van der Waals surface area contributed by atoms with E-state index in [1.807, 2.05) is 11.6 Å². The van der Waals surface area contributed by atoms with Gasteiger partial charge in [0.05, 0.1) is 5.01 Å². The standard InChI is InChI=1S/C15H20N2S/c1-2-10-16-14(13-6-4-3-5-7-13)8-9-15-17-11-12-18-15/h3-7,11-12,14,16H,2,8-10H2,1H3. The van der Waals surface area contributed by atoms with Gasteiger partial charge in [0.15, 0.2) is 0 Å². The number of hydrogen-bond acceptors (Lipinski definition) is 3. The van der Waals surface area contributed by atoms with E-state index in [4.69, 9.17) is 0 Å². The Bertz CT molecular complexity index is 425. The second kappa shape index (κ2) is 7.29. The first-order chi connectivity index (χ1) is 8.90. The van der Waals surface area contributed by atoms with Crippen LogP contribution < -0.4 is 5.32 Å². The molecule has 18 heavy (non-hydrogen) atoms. The summed E-state index contributed by atoms with van der Waals surface area (Å²) in [6, 6.07) is 11.1. The summed E-state index contributed by atoms with van der Waals surface area (Å²) >= 11 is 1.75. The maximum Gasteiger partial charge on any atom is 0.0925 e. The highest BCUT2D eigenvalue weighted by Crippen LogP contribution is 2.19. The summed E-state index contributed by atoms with van der Waals surface area (Å²) in [6.45, 7) is 3.27. The third-order valence-electron chi connectivity index (χ3n) is 2.97. The van der Waals surface area contributed by atoms with Crippen molar-refractivity contribution in [3.8, 4) is 0 Å². The number of thiazole rings is 1. The molecule has 0 spiro atoms. The molecule has 0 amide bonds. The van der Waals surface area contributed by atoms with E-state index >= 15 is 0 Å². The molecule has 0 fully saturated rings. The molecule has 3 heteroatoms. The lowest BCUT2D eigenvalue weighted by atomic mass is 10.0. The summed E-state index contributed by atoms with van der Waals surface area (Å²) in [5.41, 5.74) is 1.38. The van der Waals surface area contributed by atoms with Crippen LogP contribution in [0.5, 0.6) is 0 Å². The Hall–Kier alpha value is -1.19. The van der Waals surface area contributed by atoms with Gasteiger partial charge in [0.1, 0.15) is 0 Å². The summed E-state index contributed by atoms with van der Waals surface area (Å²) in [4.78, 5) is 4.35. The average Bonchev–Trinajstić information content (AvgIpc) is 2.93. The normalized spacial score (nSPS) is 12.5. The Morgan fingerprint density at radius 3 is 2.78 bits per heavy atom. The largest absolute Gasteiger partial charge is 0.310 e. The minimum absolute atomic E-state index is 0.440. The summed E-state index contributed by atoms with van der Waals surface area (Å²) < 4.78 is 0. The van der Waals surface area contributed by atoms with Crippen LogP contribution in [-0.2, 0) is 6.42 Å². The quantitative estimate of drug-likeness (QED) is 0.818. The highest BCUT2D eigenvalue weighted by molar-refractivity contribution is 7.09. The predicted octanol–water partition coefficient (Wildman–Crippen LogP) is 3.82. The third-order valence-corrected chi connectivity index (χ3v) is 3.81. The molecule has 1 aromatic carbocycles. The van der Waals surface area contributed by atoms with Gasteiger partial charge in [0.25, 0.3) is 0 Å². The zero-order chi connectivity index (χ0) is 12.6. The van der Waals surface area contributed by atoms with Gasteiger partial charge in [-0.1, -0.05) is 37.3 Å². The van der Waals surface area contributed by atoms with Crippen LogP contribution in [0.4, 0.5) is 0 Å². The van der Waals surface area contributed by atoms with Crippen LogP contribution in [0.3, 0.4) is 0 Å². The first-order valence-electron chi connectivity index (χ1n) is 6.57. The van der Waals surface area contributed by atoms with Crippen molar-refractivity contribution in [1.29, 1.82) is 0 Å². The molecule has 0 aliphatic carbocycles. The van der Waals surface area contributed by atoms with Crippen LogP contribution in [0, 0.1) is 0 Å². The summed E-state index contributed by atoms with van der Waals surface area (Å²) in [5.74, 6) is 0. The highest BCUT2D eigenvalue weighted by atomic mass is 32.1. The van der Waals surface area contributed by atoms with E-state index in [0.717, 1.165) is 19.4 Å². The molecule has 0 saturated carbocycles. The van der Waals surface area contributed by atoms with Gasteiger partial charge >= 0.3 is 0 Å². The highest BCUT2D eigenvalue weighted by Gasteiger charge is 2.10. The van der Waals surface area contributed by atoms with Crippen molar-refractivity contribution in [2.24, 2.45) is 0 Å². The number of hydrogen-bond donors (Lipinski definition) is 1. The summed E-state index contributed by atoms with van der Waals surface area (Å²) in [7, 11) is 0. The molecule has 2 rings (SSSR count). The van der Waals surface area contributed by atoms with Crippen molar-refractivity contribution in [2.45, 2.75) is 32.2 Å². The van der Waals surface area contributed by atoms with Crippen LogP contribution in [0.1, 0.15) is 36.4 Å². The van der Waals surface area contributed by atoms with Crippen molar-refractivity contribution in [3.05, 3.63) is 52.5 Å². The lowest BCUT2D eigenvalue weighted by Crippen LogP contribution is -2.22. The van der Waals surface area contributed by atoms with Gasteiger partial charge in [0, 0.05) is 24.0 Å². The monoisotopic (exact) mass is 260 g/mol. The van der Waals surface area contributed by atoms with Crippen molar-refractivity contribution in [3.63, 3.8) is 0 Å². The van der Waals surface area contributed by atoms with Crippen LogP contribution >= 0.6 is 11.3 Å². The van der Waals surface area contributed by atoms with Gasteiger partial charge in [-0.25, -0.2) is 4.98 Å². The molecule has 1 heterocycles. The molecule has 0 radical (unpaired) electrons. The molecule has 1 atom stereocenters. The first kappa shape index (κ1) is 13.2. The van der Waals surface area contributed by atoms with E-state index in [2.05, 4.69) is 47.6 Å². The van der Waals surface area contributed by atoms with E-state index in [-0.39, 0.29) is 0 Å². The molecule has 0 aliphatic heterocycles. The lowest BCUT2D eigenvalue weighted by Gasteiger charge is -2.18. The second-order valence-corrected chi connectivity index (χ2v) is 5.36. The van der Waals surface area contributed by atoms with Crippen LogP contribution in [-0.4, -0.2) is 11.5 Å². The van der Waals surface area contributed by atoms with Crippen molar-refractivity contribution in [1.82, 2.24) is 10.3 Å². The number of aromatic nitrogens is 1. The molecule has 1 aromatic heterocycles. The fourth-order valence-corrected chi connectivity index (χ4v) is 2.67. The summed E-state index contributed by atoms with van der Waals surface area (Å²) in [5, 5.41) is 6.90. The van der Waals surface area contributed by atoms with Gasteiger partial charge < -0.3 is 5.32 Å². The second-order valence-electron chi connectivity index (χ2n) is 4.38. The molecule has 2 nitrogen and oxygen atoms in total. The number of nitrogens with zero attached hydrogens (tertiary/aromatic N) is 1. The van der Waals surface area contributed by atoms with Gasteiger partial charge in [-0.2, -0.15) is 0 Å². The van der Waals surface area contributed by atoms with Crippen LogP contribution in [0.25, 0.3) is 0 Å². The SMILES string of the molecule is CCCNC(CCc1nccs1)c1ccccc1. The summed E-state index contributed by atoms with van der Waals surface area (Å²) in [6.07, 6.45) is 5.21. The van der Waals surface area contributed by atoms with Gasteiger partial charge in [-0.3, -0.25) is 0 Å². The van der Waals surface area contributed by atoms with Crippen molar-refractivity contribution >= 4 is 11.3 Å². The van der Waals surface area contributed by atoms with E-state index < -0.39 is 0 Å². The van der Waals surface area contributed by atoms with Crippen molar-refractivity contribution in [2.75, 3.05) is 6.54 Å². The third kappa shape index (κ3) is 3.93. The Balaban J connectivity index is 1.96. The molecule has 1 N–H and O–H groups in total. The Labute approximate surface area is 113 Å². The number of benzene rings is 1. The topological polar surface area (TPSA) is 24.9 Å². The first-order valence-corrected chi connectivity index (χ1v) is 7.45. The van der Waals surface area contributed by atoms with E-state index in [0.29, 0.717) is 6.04 Å². The fraction of sp³-hybridized carbons (Fsp3) is 0.400. The average molecular weight is 260 g/mol. The zero-order valence-corrected chi connectivity index (χ0v) is 11.6. The van der Waals surface area contributed by atoms with E-state index in [1.165, 1.54) is 17.0 Å². The maximum absolute atomic E-state index is 4.35. The molecular weight excluding hydrogens is 240 g/mol. The number of aryl methyl sites for hydroxylation is 1. The van der Waals surface area contributed by atoms with E-state index in [1.54, 1.807) is 11.3 Å². The lowest BCUT2D eigenvalue weighted by molar-refractivity contribution is 0.499. The van der Waals surface area contributed by atoms with Crippen LogP contribution in [0.15, 0.2) is 41.9 Å². The van der Waals surface area contributed by atoms with Gasteiger partial charge in [-0.15, -0.1) is 11.3 Å². The minimum Gasteiger partial charge on any atom is -0.310 e. The Morgan fingerprint density at radius 2 is 2.11 bits per heavy atom. The Kier molecular flexibility index (Phi) is 5.36. The van der Waals surface area contributed by atoms with E-state index in [9.17, 15) is 0 Å². The number of rotatable bonds is 7. The molecule has 96 valence electrons. The predicted molar refractivity (Wildman–Crippen MR) is 77.9 cm³/mol. The molecule has 0 aliphatic rings. The molecule has 0 bridgehead atoms. The smallest absolute Gasteiger partial charge is 0.0925 e. The zero-order valence-electron chi connectivity index (χ0n) is 10.8. The molecule has 0 saturated heterocycles. The number of nitrogens with one attached hydrogen (secondary N) is 1. The van der Waals surface area contributed by atoms with Crippen molar-refractivity contribution < 1.29 is 0 Å². The molecule has 2 aromatic rings. The fourth-order valence-electron chi connectivity index (χ4n) is 2.03. The molecule has 1 unspecified atom stereocenters. The minimum atomic E-state index is 0.440. The van der Waals surface area contributed by atoms with Crippen LogP contribution in [0.2, 0.25) is 0 Å². The molecular formula is C15H20N2S. The van der Waals surface area contributed by atoms with Gasteiger partial charge in [-0.05, 0) is 24.9 Å². The maximum atomic E-state index is 4.35. The Morgan fingerprint density at radius 1 is 1.28 bits per heavy atom.